The van der Waals surface area contributed by atoms with Gasteiger partial charge in [0.2, 0.25) is 0 Å². The average Bonchev–Trinajstić information content (AvgIpc) is 2.17. The van der Waals surface area contributed by atoms with Gasteiger partial charge in [-0.2, -0.15) is 0 Å². The lowest BCUT2D eigenvalue weighted by Crippen LogP contribution is -2.35. The van der Waals surface area contributed by atoms with E-state index in [9.17, 15) is 17.7 Å². The minimum absolute atomic E-state index is 0.225. The summed E-state index contributed by atoms with van der Waals surface area (Å²) in [5, 5.41) is -4.11. The van der Waals surface area contributed by atoms with Gasteiger partial charge < -0.3 is 10.3 Å². The minimum Gasteiger partial charge on any atom is -0.607 e. The lowest BCUT2D eigenvalue weighted by Gasteiger charge is -2.19. The van der Waals surface area contributed by atoms with Crippen LogP contribution in [0.1, 0.15) is 0 Å². The number of hydrogen-bond donors (Lipinski definition) is 1. The minimum atomic E-state index is -4.11. The summed E-state index contributed by atoms with van der Waals surface area (Å²) >= 11 is 1.78. The van der Waals surface area contributed by atoms with E-state index in [0.717, 1.165) is 12.1 Å². The summed E-state index contributed by atoms with van der Waals surface area (Å²) in [5.74, 6) is 0. The molecule has 0 aliphatic rings. The van der Waals surface area contributed by atoms with Gasteiger partial charge in [-0.05, 0) is 24.3 Å². The lowest BCUT2D eigenvalue weighted by molar-refractivity contribution is 0.0423. The molecule has 2 nitrogen and oxygen atoms in total. The molecule has 0 aliphatic carbocycles. The van der Waals surface area contributed by atoms with Crippen molar-refractivity contribution in [3.8, 4) is 0 Å². The third-order valence-electron chi connectivity index (χ3n) is 1.60. The molecule has 2 unspecified atom stereocenters. The molecule has 1 rings (SSSR count). The van der Waals surface area contributed by atoms with Crippen LogP contribution >= 0.6 is 11.6 Å². The SMILES string of the molecule is Nc1ccc([S+]([O-])C(F)(F)C(F)Cl)cc1. The highest BCUT2D eigenvalue weighted by Gasteiger charge is 2.53. The summed E-state index contributed by atoms with van der Waals surface area (Å²) in [6.07, 6.45) is 0. The van der Waals surface area contributed by atoms with Gasteiger partial charge >= 0.3 is 5.25 Å². The molecule has 0 saturated carbocycles. The van der Waals surface area contributed by atoms with Gasteiger partial charge in [0.15, 0.2) is 4.90 Å². The molecule has 0 fully saturated rings. The van der Waals surface area contributed by atoms with Crippen LogP contribution in [0.15, 0.2) is 29.2 Å². The first-order valence-electron chi connectivity index (χ1n) is 3.79. The Morgan fingerprint density at radius 3 is 2.20 bits per heavy atom. The molecule has 0 heterocycles. The fourth-order valence-corrected chi connectivity index (χ4v) is 1.93. The number of nitrogen functional groups attached to an aromatic ring is 1. The fraction of sp³-hybridized carbons (Fsp3) is 0.250. The Hall–Kier alpha value is -0.590. The number of alkyl halides is 4. The van der Waals surface area contributed by atoms with Crippen LogP contribution < -0.4 is 5.73 Å². The van der Waals surface area contributed by atoms with Gasteiger partial charge in [-0.25, -0.2) is 4.39 Å². The quantitative estimate of drug-likeness (QED) is 0.514. The summed E-state index contributed by atoms with van der Waals surface area (Å²) in [6, 6.07) is 4.87. The first kappa shape index (κ1) is 12.5. The Balaban J connectivity index is 2.94. The number of nitrogens with two attached hydrogens (primary N) is 1. The smallest absolute Gasteiger partial charge is 0.457 e. The van der Waals surface area contributed by atoms with Crippen molar-refractivity contribution in [1.29, 1.82) is 0 Å². The van der Waals surface area contributed by atoms with Crippen LogP contribution in [0, 0.1) is 0 Å². The largest absolute Gasteiger partial charge is 0.607 e. The topological polar surface area (TPSA) is 49.1 Å². The Labute approximate surface area is 92.4 Å². The van der Waals surface area contributed by atoms with Crippen LogP contribution in [0.25, 0.3) is 0 Å². The second kappa shape index (κ2) is 4.51. The van der Waals surface area contributed by atoms with Gasteiger partial charge in [-0.3, -0.25) is 0 Å². The molecule has 0 aliphatic heterocycles. The fourth-order valence-electron chi connectivity index (χ4n) is 0.829. The average molecular weight is 258 g/mol. The first-order chi connectivity index (χ1) is 6.85. The standard InChI is InChI=1S/C8H7ClF3NOS/c9-7(10)8(11,12)15(14)6-3-1-5(13)2-4-6/h1-4,7H,13H2. The second-order valence-corrected chi connectivity index (χ2v) is 4.64. The zero-order chi connectivity index (χ0) is 11.6. The van der Waals surface area contributed by atoms with Crippen molar-refractivity contribution < 1.29 is 17.7 Å². The van der Waals surface area contributed by atoms with E-state index in [-0.39, 0.29) is 4.90 Å². The van der Waals surface area contributed by atoms with Crippen molar-refractivity contribution in [2.24, 2.45) is 0 Å². The normalized spacial score (nSPS) is 16.1. The van der Waals surface area contributed by atoms with Crippen molar-refractivity contribution in [2.75, 3.05) is 5.73 Å². The summed E-state index contributed by atoms with van der Waals surface area (Å²) in [4.78, 5) is -0.225. The number of anilines is 1. The monoisotopic (exact) mass is 257 g/mol. The van der Waals surface area contributed by atoms with E-state index in [4.69, 9.17) is 5.73 Å². The molecule has 0 aromatic heterocycles. The Morgan fingerprint density at radius 2 is 1.80 bits per heavy atom. The van der Waals surface area contributed by atoms with E-state index < -0.39 is 22.1 Å². The van der Waals surface area contributed by atoms with E-state index in [1.165, 1.54) is 12.1 Å². The van der Waals surface area contributed by atoms with Crippen LogP contribution in [-0.2, 0) is 11.2 Å². The summed E-state index contributed by atoms with van der Waals surface area (Å²) in [6.45, 7) is 0. The molecule has 2 atom stereocenters. The van der Waals surface area contributed by atoms with Crippen molar-refractivity contribution in [3.63, 3.8) is 0 Å². The van der Waals surface area contributed by atoms with E-state index in [1.54, 1.807) is 0 Å². The van der Waals surface area contributed by atoms with E-state index in [0.29, 0.717) is 5.69 Å². The molecule has 0 bridgehead atoms. The van der Waals surface area contributed by atoms with E-state index >= 15 is 0 Å². The van der Waals surface area contributed by atoms with E-state index in [1.807, 2.05) is 0 Å². The third-order valence-corrected chi connectivity index (χ3v) is 3.40. The zero-order valence-electron chi connectivity index (χ0n) is 7.29. The maximum absolute atomic E-state index is 12.9. The Morgan fingerprint density at radius 1 is 1.33 bits per heavy atom. The molecule has 2 N–H and O–H groups in total. The number of hydrogen-bond acceptors (Lipinski definition) is 2. The molecule has 0 saturated heterocycles. The van der Waals surface area contributed by atoms with Gasteiger partial charge in [0, 0.05) is 5.69 Å². The van der Waals surface area contributed by atoms with Crippen molar-refractivity contribution in [3.05, 3.63) is 24.3 Å². The lowest BCUT2D eigenvalue weighted by atomic mass is 10.3. The molecule has 0 amide bonds. The number of halogens is 4. The predicted molar refractivity (Wildman–Crippen MR) is 53.0 cm³/mol. The Kier molecular flexibility index (Phi) is 3.75. The zero-order valence-corrected chi connectivity index (χ0v) is 8.86. The molecular weight excluding hydrogens is 251 g/mol. The molecule has 7 heteroatoms. The van der Waals surface area contributed by atoms with Crippen LogP contribution in [0.3, 0.4) is 0 Å². The highest BCUT2D eigenvalue weighted by atomic mass is 35.5. The summed E-state index contributed by atoms with van der Waals surface area (Å²) < 4.78 is 49.3. The maximum Gasteiger partial charge on any atom is 0.457 e. The third kappa shape index (κ3) is 2.70. The summed E-state index contributed by atoms with van der Waals surface area (Å²) in [5.41, 5.74) is 2.65. The van der Waals surface area contributed by atoms with Crippen LogP contribution in [-0.4, -0.2) is 15.4 Å². The molecule has 1 aromatic rings. The van der Waals surface area contributed by atoms with E-state index in [2.05, 4.69) is 11.6 Å². The van der Waals surface area contributed by atoms with Crippen LogP contribution in [0.2, 0.25) is 0 Å². The second-order valence-electron chi connectivity index (χ2n) is 2.70. The molecule has 15 heavy (non-hydrogen) atoms. The van der Waals surface area contributed by atoms with Crippen molar-refractivity contribution in [1.82, 2.24) is 0 Å². The maximum atomic E-state index is 12.9. The molecule has 1 aromatic carbocycles. The summed E-state index contributed by atoms with van der Waals surface area (Å²) in [7, 11) is 0. The van der Waals surface area contributed by atoms with Crippen molar-refractivity contribution >= 4 is 28.5 Å². The first-order valence-corrected chi connectivity index (χ1v) is 5.37. The van der Waals surface area contributed by atoms with Crippen molar-refractivity contribution in [2.45, 2.75) is 15.8 Å². The van der Waals surface area contributed by atoms with Gasteiger partial charge in [-0.15, -0.1) is 8.78 Å². The molecular formula is C8H7ClF3NOS. The van der Waals surface area contributed by atoms with Gasteiger partial charge in [0.25, 0.3) is 5.63 Å². The molecule has 0 spiro atoms. The number of rotatable bonds is 3. The van der Waals surface area contributed by atoms with Crippen LogP contribution in [0.4, 0.5) is 18.9 Å². The van der Waals surface area contributed by atoms with Gasteiger partial charge in [0.1, 0.15) is 0 Å². The Bertz CT molecular complexity index is 333. The molecule has 0 radical (unpaired) electrons. The molecule has 84 valence electrons. The van der Waals surface area contributed by atoms with Gasteiger partial charge in [-0.1, -0.05) is 11.6 Å². The highest BCUT2D eigenvalue weighted by molar-refractivity contribution is 7.92. The highest BCUT2D eigenvalue weighted by Crippen LogP contribution is 2.35. The number of benzene rings is 1. The predicted octanol–water partition coefficient (Wildman–Crippen LogP) is 2.50. The van der Waals surface area contributed by atoms with Gasteiger partial charge in [0.05, 0.1) is 11.2 Å². The van der Waals surface area contributed by atoms with Crippen LogP contribution in [0.5, 0.6) is 0 Å².